The van der Waals surface area contributed by atoms with Gasteiger partial charge in [0.2, 0.25) is 0 Å². The summed E-state index contributed by atoms with van der Waals surface area (Å²) in [5.74, 6) is -0.0145. The molecule has 5 nitrogen and oxygen atoms in total. The molecule has 1 amide bonds. The molecule has 6 heteroatoms. The molecule has 0 aliphatic carbocycles. The molecule has 0 unspecified atom stereocenters. The van der Waals surface area contributed by atoms with Crippen molar-refractivity contribution in [2.24, 2.45) is 7.05 Å². The number of aryl methyl sites for hydroxylation is 2. The number of amides is 1. The maximum Gasteiger partial charge on any atom is 0.255 e. The van der Waals surface area contributed by atoms with Gasteiger partial charge < -0.3 is 10.6 Å². The summed E-state index contributed by atoms with van der Waals surface area (Å²) in [4.78, 5) is 12.0. The minimum absolute atomic E-state index is 0. The van der Waals surface area contributed by atoms with Gasteiger partial charge in [-0.25, -0.2) is 0 Å². The lowest BCUT2D eigenvalue weighted by atomic mass is 10.1. The fourth-order valence-electron chi connectivity index (χ4n) is 2.06. The Morgan fingerprint density at radius 2 is 2.41 bits per heavy atom. The fraction of sp³-hybridized carbons (Fsp3) is 0.636. The van der Waals surface area contributed by atoms with Crippen LogP contribution in [0.25, 0.3) is 0 Å². The largest absolute Gasteiger partial charge is 0.348 e. The average Bonchev–Trinajstić information content (AvgIpc) is 2.59. The standard InChI is InChI=1S/C11H18N4O.ClH/c1-8-10(7-15(2)14-8)11(16)13-9-4-3-5-12-6-9;/h7,9,12H,3-6H2,1-2H3,(H,13,16);1H/t9-;/m0./s1. The summed E-state index contributed by atoms with van der Waals surface area (Å²) in [7, 11) is 1.83. The van der Waals surface area contributed by atoms with Crippen molar-refractivity contribution in [1.29, 1.82) is 0 Å². The molecule has 0 spiro atoms. The predicted octanol–water partition coefficient (Wildman–Crippen LogP) is 0.632. The van der Waals surface area contributed by atoms with E-state index in [-0.39, 0.29) is 24.4 Å². The molecule has 2 N–H and O–H groups in total. The van der Waals surface area contributed by atoms with E-state index in [4.69, 9.17) is 0 Å². The Hall–Kier alpha value is -1.07. The third-order valence-electron chi connectivity index (χ3n) is 2.89. The van der Waals surface area contributed by atoms with Crippen molar-refractivity contribution >= 4 is 18.3 Å². The molecule has 17 heavy (non-hydrogen) atoms. The summed E-state index contributed by atoms with van der Waals surface area (Å²) in [6.45, 7) is 3.78. The average molecular weight is 259 g/mol. The first-order valence-electron chi connectivity index (χ1n) is 5.68. The molecule has 1 aliphatic heterocycles. The molecule has 2 heterocycles. The monoisotopic (exact) mass is 258 g/mol. The zero-order valence-electron chi connectivity index (χ0n) is 10.2. The molecule has 1 aromatic rings. The number of aromatic nitrogens is 2. The van der Waals surface area contributed by atoms with Gasteiger partial charge in [0.25, 0.3) is 5.91 Å². The van der Waals surface area contributed by atoms with Crippen molar-refractivity contribution in [3.8, 4) is 0 Å². The van der Waals surface area contributed by atoms with Gasteiger partial charge in [0.1, 0.15) is 0 Å². The molecule has 2 rings (SSSR count). The van der Waals surface area contributed by atoms with Gasteiger partial charge in [0, 0.05) is 25.8 Å². The van der Waals surface area contributed by atoms with Crippen LogP contribution in [0.2, 0.25) is 0 Å². The van der Waals surface area contributed by atoms with Gasteiger partial charge in [-0.3, -0.25) is 9.48 Å². The Bertz CT molecular complexity index is 385. The summed E-state index contributed by atoms with van der Waals surface area (Å²) in [5, 5.41) is 10.5. The molecule has 0 saturated carbocycles. The van der Waals surface area contributed by atoms with Crippen LogP contribution < -0.4 is 10.6 Å². The highest BCUT2D eigenvalue weighted by molar-refractivity contribution is 5.95. The summed E-state index contributed by atoms with van der Waals surface area (Å²) in [6.07, 6.45) is 3.94. The van der Waals surface area contributed by atoms with Crippen LogP contribution in [0.15, 0.2) is 6.20 Å². The second kappa shape index (κ2) is 6.02. The van der Waals surface area contributed by atoms with Crippen molar-refractivity contribution in [2.45, 2.75) is 25.8 Å². The van der Waals surface area contributed by atoms with Crippen LogP contribution in [-0.4, -0.2) is 34.8 Å². The molecular weight excluding hydrogens is 240 g/mol. The summed E-state index contributed by atoms with van der Waals surface area (Å²) in [6, 6.07) is 0.251. The Morgan fingerprint density at radius 3 is 2.94 bits per heavy atom. The first kappa shape index (κ1) is 14.0. The van der Waals surface area contributed by atoms with E-state index in [0.717, 1.165) is 31.6 Å². The number of hydrogen-bond acceptors (Lipinski definition) is 3. The van der Waals surface area contributed by atoms with E-state index in [1.165, 1.54) is 0 Å². The van der Waals surface area contributed by atoms with E-state index >= 15 is 0 Å². The minimum atomic E-state index is -0.0145. The predicted molar refractivity (Wildman–Crippen MR) is 68.6 cm³/mol. The first-order valence-corrected chi connectivity index (χ1v) is 5.68. The number of hydrogen-bond donors (Lipinski definition) is 2. The van der Waals surface area contributed by atoms with Crippen LogP contribution in [0.5, 0.6) is 0 Å². The second-order valence-electron chi connectivity index (χ2n) is 4.32. The summed E-state index contributed by atoms with van der Waals surface area (Å²) >= 11 is 0. The third-order valence-corrected chi connectivity index (χ3v) is 2.89. The zero-order valence-corrected chi connectivity index (χ0v) is 11.0. The number of carbonyl (C=O) groups is 1. The third kappa shape index (κ3) is 3.44. The Labute approximate surface area is 107 Å². The van der Waals surface area contributed by atoms with Crippen molar-refractivity contribution in [3.05, 3.63) is 17.5 Å². The van der Waals surface area contributed by atoms with Gasteiger partial charge in [-0.2, -0.15) is 5.10 Å². The number of piperidine rings is 1. The van der Waals surface area contributed by atoms with Crippen molar-refractivity contribution in [3.63, 3.8) is 0 Å². The summed E-state index contributed by atoms with van der Waals surface area (Å²) in [5.41, 5.74) is 1.46. The maximum absolute atomic E-state index is 12.0. The van der Waals surface area contributed by atoms with Gasteiger partial charge >= 0.3 is 0 Å². The fourth-order valence-corrected chi connectivity index (χ4v) is 2.06. The zero-order chi connectivity index (χ0) is 11.5. The number of halogens is 1. The molecule has 1 fully saturated rings. The molecule has 1 aromatic heterocycles. The molecule has 0 radical (unpaired) electrons. The highest BCUT2D eigenvalue weighted by atomic mass is 35.5. The molecule has 0 aromatic carbocycles. The molecule has 0 bridgehead atoms. The van der Waals surface area contributed by atoms with Crippen LogP contribution in [0.3, 0.4) is 0 Å². The molecular formula is C11H19ClN4O. The van der Waals surface area contributed by atoms with Crippen LogP contribution in [-0.2, 0) is 7.05 Å². The van der Waals surface area contributed by atoms with Crippen molar-refractivity contribution in [2.75, 3.05) is 13.1 Å². The lowest BCUT2D eigenvalue weighted by Crippen LogP contribution is -2.45. The molecule has 96 valence electrons. The second-order valence-corrected chi connectivity index (χ2v) is 4.32. The Kier molecular flexibility index (Phi) is 4.96. The van der Waals surface area contributed by atoms with E-state index in [0.29, 0.717) is 5.56 Å². The SMILES string of the molecule is Cc1nn(C)cc1C(=O)N[C@H]1CCCNC1.Cl. The topological polar surface area (TPSA) is 59.0 Å². The number of nitrogens with zero attached hydrogens (tertiary/aromatic N) is 2. The lowest BCUT2D eigenvalue weighted by Gasteiger charge is -2.23. The van der Waals surface area contributed by atoms with Crippen LogP contribution in [0, 0.1) is 6.92 Å². The van der Waals surface area contributed by atoms with Crippen LogP contribution >= 0.6 is 12.4 Å². The van der Waals surface area contributed by atoms with Crippen molar-refractivity contribution in [1.82, 2.24) is 20.4 Å². The quantitative estimate of drug-likeness (QED) is 0.818. The van der Waals surface area contributed by atoms with Crippen LogP contribution in [0.1, 0.15) is 28.9 Å². The summed E-state index contributed by atoms with van der Waals surface area (Å²) < 4.78 is 1.67. The normalized spacial score (nSPS) is 19.5. The van der Waals surface area contributed by atoms with E-state index in [1.807, 2.05) is 14.0 Å². The van der Waals surface area contributed by atoms with E-state index in [9.17, 15) is 4.79 Å². The minimum Gasteiger partial charge on any atom is -0.348 e. The van der Waals surface area contributed by atoms with Gasteiger partial charge in [-0.1, -0.05) is 0 Å². The highest BCUT2D eigenvalue weighted by Gasteiger charge is 2.18. The number of rotatable bonds is 2. The lowest BCUT2D eigenvalue weighted by molar-refractivity contribution is 0.0930. The Balaban J connectivity index is 0.00000144. The Morgan fingerprint density at radius 1 is 1.65 bits per heavy atom. The molecule has 1 atom stereocenters. The first-order chi connectivity index (χ1) is 7.66. The van der Waals surface area contributed by atoms with Gasteiger partial charge in [-0.05, 0) is 26.3 Å². The number of carbonyl (C=O) groups excluding carboxylic acids is 1. The van der Waals surface area contributed by atoms with Gasteiger partial charge in [0.05, 0.1) is 11.3 Å². The highest BCUT2D eigenvalue weighted by Crippen LogP contribution is 2.07. The van der Waals surface area contributed by atoms with E-state index < -0.39 is 0 Å². The molecule has 1 aliphatic rings. The van der Waals surface area contributed by atoms with Gasteiger partial charge in [0.15, 0.2) is 0 Å². The maximum atomic E-state index is 12.0. The van der Waals surface area contributed by atoms with Gasteiger partial charge in [-0.15, -0.1) is 12.4 Å². The van der Waals surface area contributed by atoms with Crippen LogP contribution in [0.4, 0.5) is 0 Å². The van der Waals surface area contributed by atoms with E-state index in [2.05, 4.69) is 15.7 Å². The van der Waals surface area contributed by atoms with Crippen molar-refractivity contribution < 1.29 is 4.79 Å². The number of nitrogens with one attached hydrogen (secondary N) is 2. The molecule has 1 saturated heterocycles. The smallest absolute Gasteiger partial charge is 0.255 e. The van der Waals surface area contributed by atoms with E-state index in [1.54, 1.807) is 10.9 Å².